The number of nitrogens with two attached hydrogens (primary N) is 1. The van der Waals surface area contributed by atoms with Gasteiger partial charge in [0.25, 0.3) is 0 Å². The van der Waals surface area contributed by atoms with Crippen LogP contribution in [0.4, 0.5) is 5.69 Å². The third-order valence-corrected chi connectivity index (χ3v) is 2.85. The number of primary sulfonamides is 1. The molecule has 0 spiro atoms. The van der Waals surface area contributed by atoms with Crippen molar-refractivity contribution in [2.45, 2.75) is 4.90 Å². The van der Waals surface area contributed by atoms with Gasteiger partial charge in [-0.1, -0.05) is 0 Å². The Labute approximate surface area is 82.5 Å². The van der Waals surface area contributed by atoms with E-state index in [9.17, 15) is 8.42 Å². The van der Waals surface area contributed by atoms with Crippen molar-refractivity contribution >= 4 is 15.7 Å². The van der Waals surface area contributed by atoms with Crippen LogP contribution in [0.5, 0.6) is 0 Å². The van der Waals surface area contributed by atoms with E-state index in [0.29, 0.717) is 0 Å². The molecule has 1 aliphatic rings. The molecule has 2 rings (SSSR count). The summed E-state index contributed by atoms with van der Waals surface area (Å²) < 4.78 is 21.9. The molecule has 6 heteroatoms. The van der Waals surface area contributed by atoms with Gasteiger partial charge in [-0.2, -0.15) is 0 Å². The highest BCUT2D eigenvalue weighted by Gasteiger charge is 2.16. The summed E-state index contributed by atoms with van der Waals surface area (Å²) in [5.41, 5.74) is 3.96. The van der Waals surface area contributed by atoms with E-state index in [1.54, 1.807) is 12.1 Å². The summed E-state index contributed by atoms with van der Waals surface area (Å²) in [5.74, 6) is 0. The van der Waals surface area contributed by atoms with Gasteiger partial charge < -0.3 is 5.43 Å². The van der Waals surface area contributed by atoms with Crippen molar-refractivity contribution in [3.8, 4) is 0 Å². The number of hydrazine groups is 1. The number of anilines is 1. The van der Waals surface area contributed by atoms with Crippen molar-refractivity contribution < 1.29 is 8.42 Å². The van der Waals surface area contributed by atoms with Crippen LogP contribution in [0.1, 0.15) is 0 Å². The van der Waals surface area contributed by atoms with Gasteiger partial charge in [0.2, 0.25) is 10.0 Å². The van der Waals surface area contributed by atoms with Crippen LogP contribution in [-0.4, -0.2) is 26.5 Å². The topological polar surface area (TPSA) is 75.2 Å². The van der Waals surface area contributed by atoms with Crippen molar-refractivity contribution in [3.63, 3.8) is 0 Å². The quantitative estimate of drug-likeness (QED) is 0.692. The molecule has 76 valence electrons. The maximum atomic E-state index is 10.9. The van der Waals surface area contributed by atoms with Crippen LogP contribution in [0.15, 0.2) is 29.2 Å². The lowest BCUT2D eigenvalue weighted by atomic mass is 10.3. The van der Waals surface area contributed by atoms with Gasteiger partial charge in [0.1, 0.15) is 0 Å². The molecule has 0 radical (unpaired) electrons. The Morgan fingerprint density at radius 2 is 1.79 bits per heavy atom. The fourth-order valence-electron chi connectivity index (χ4n) is 1.06. The van der Waals surface area contributed by atoms with E-state index in [1.807, 2.05) is 5.01 Å². The number of hydrogen-bond donors (Lipinski definition) is 2. The zero-order valence-electron chi connectivity index (χ0n) is 7.47. The van der Waals surface area contributed by atoms with Crippen LogP contribution in [0, 0.1) is 0 Å². The Kier molecular flexibility index (Phi) is 2.18. The van der Waals surface area contributed by atoms with Crippen LogP contribution in [-0.2, 0) is 10.0 Å². The molecule has 1 aromatic rings. The maximum Gasteiger partial charge on any atom is 0.238 e. The Hall–Kier alpha value is -1.11. The molecule has 1 aliphatic heterocycles. The normalized spacial score (nSPS) is 16.6. The molecule has 3 N–H and O–H groups in total. The summed E-state index contributed by atoms with van der Waals surface area (Å²) >= 11 is 0. The maximum absolute atomic E-state index is 10.9. The summed E-state index contributed by atoms with van der Waals surface area (Å²) in [6.45, 7) is 2.05. The largest absolute Gasteiger partial charge is 0.319 e. The van der Waals surface area contributed by atoms with Crippen molar-refractivity contribution in [1.29, 1.82) is 0 Å². The van der Waals surface area contributed by atoms with Crippen LogP contribution in [0.3, 0.4) is 0 Å². The summed E-state index contributed by atoms with van der Waals surface area (Å²) in [7, 11) is -3.57. The van der Waals surface area contributed by atoms with E-state index in [1.165, 1.54) is 12.1 Å². The van der Waals surface area contributed by atoms with Gasteiger partial charge in [0, 0.05) is 18.8 Å². The van der Waals surface area contributed by atoms with Gasteiger partial charge in [0.15, 0.2) is 0 Å². The second-order valence-electron chi connectivity index (χ2n) is 3.17. The third kappa shape index (κ3) is 2.22. The first-order valence-electron chi connectivity index (χ1n) is 4.20. The lowest BCUT2D eigenvalue weighted by Gasteiger charge is -2.05. The lowest BCUT2D eigenvalue weighted by Crippen LogP contribution is -2.12. The molecule has 1 aromatic carbocycles. The highest BCUT2D eigenvalue weighted by molar-refractivity contribution is 7.89. The van der Waals surface area contributed by atoms with Gasteiger partial charge in [0.05, 0.1) is 4.90 Å². The molecule has 0 bridgehead atoms. The average Bonchev–Trinajstić information content (AvgIpc) is 2.88. The van der Waals surface area contributed by atoms with Gasteiger partial charge in [-0.05, 0) is 24.3 Å². The standard InChI is InChI=1S/C8H11N3O2S/c9-14(12,13)8-3-1-7(2-4-8)10-11-5-6-11/h1-4,10H,5-6H2,(H2,9,12,13). The van der Waals surface area contributed by atoms with E-state index >= 15 is 0 Å². The number of hydrogen-bond acceptors (Lipinski definition) is 4. The smallest absolute Gasteiger partial charge is 0.238 e. The second kappa shape index (κ2) is 3.23. The molecule has 14 heavy (non-hydrogen) atoms. The highest BCUT2D eigenvalue weighted by Crippen LogP contribution is 2.15. The fraction of sp³-hybridized carbons (Fsp3) is 0.250. The Morgan fingerprint density at radius 1 is 1.21 bits per heavy atom. The van der Waals surface area contributed by atoms with Crippen molar-refractivity contribution in [3.05, 3.63) is 24.3 Å². The van der Waals surface area contributed by atoms with Crippen LogP contribution in [0.2, 0.25) is 0 Å². The number of nitrogens with zero attached hydrogens (tertiary/aromatic N) is 1. The van der Waals surface area contributed by atoms with Crippen LogP contribution < -0.4 is 10.6 Å². The zero-order chi connectivity index (χ0) is 10.2. The number of nitrogens with one attached hydrogen (secondary N) is 1. The molecule has 0 aliphatic carbocycles. The summed E-state index contributed by atoms with van der Waals surface area (Å²) in [6.07, 6.45) is 0. The minimum atomic E-state index is -3.57. The molecule has 5 nitrogen and oxygen atoms in total. The zero-order valence-corrected chi connectivity index (χ0v) is 8.29. The van der Waals surface area contributed by atoms with E-state index in [4.69, 9.17) is 5.14 Å². The molecule has 0 atom stereocenters. The molecule has 1 heterocycles. The van der Waals surface area contributed by atoms with Gasteiger partial charge in [-0.15, -0.1) is 0 Å². The SMILES string of the molecule is NS(=O)(=O)c1ccc(NN2CC2)cc1. The van der Waals surface area contributed by atoms with Crippen LogP contribution >= 0.6 is 0 Å². The van der Waals surface area contributed by atoms with Crippen LogP contribution in [0.25, 0.3) is 0 Å². The molecular weight excluding hydrogens is 202 g/mol. The van der Waals surface area contributed by atoms with Crippen molar-refractivity contribution in [1.82, 2.24) is 5.01 Å². The van der Waals surface area contributed by atoms with Gasteiger partial charge in [-0.25, -0.2) is 18.6 Å². The molecular formula is C8H11N3O2S. The summed E-state index contributed by atoms with van der Waals surface area (Å²) in [6, 6.07) is 6.36. The lowest BCUT2D eigenvalue weighted by molar-refractivity contribution is 0.598. The van der Waals surface area contributed by atoms with Gasteiger partial charge in [-0.3, -0.25) is 0 Å². The average molecular weight is 213 g/mol. The number of rotatable bonds is 3. The highest BCUT2D eigenvalue weighted by atomic mass is 32.2. The third-order valence-electron chi connectivity index (χ3n) is 1.92. The van der Waals surface area contributed by atoms with E-state index < -0.39 is 10.0 Å². The second-order valence-corrected chi connectivity index (χ2v) is 4.73. The monoisotopic (exact) mass is 213 g/mol. The minimum Gasteiger partial charge on any atom is -0.319 e. The Bertz CT molecular complexity index is 422. The number of benzene rings is 1. The molecule has 1 fully saturated rings. The Morgan fingerprint density at radius 3 is 2.21 bits per heavy atom. The molecule has 1 saturated heterocycles. The van der Waals surface area contributed by atoms with Gasteiger partial charge >= 0.3 is 0 Å². The fourth-order valence-corrected chi connectivity index (χ4v) is 1.58. The first-order chi connectivity index (χ1) is 6.55. The first kappa shape index (κ1) is 9.45. The molecule has 0 aromatic heterocycles. The van der Waals surface area contributed by atoms with E-state index in [2.05, 4.69) is 5.43 Å². The molecule has 0 unspecified atom stereocenters. The Balaban J connectivity index is 2.16. The molecule has 0 saturated carbocycles. The number of sulfonamides is 1. The predicted molar refractivity (Wildman–Crippen MR) is 53.0 cm³/mol. The van der Waals surface area contributed by atoms with E-state index in [0.717, 1.165) is 18.8 Å². The van der Waals surface area contributed by atoms with Crippen molar-refractivity contribution in [2.24, 2.45) is 5.14 Å². The first-order valence-corrected chi connectivity index (χ1v) is 5.75. The van der Waals surface area contributed by atoms with Crippen molar-refractivity contribution in [2.75, 3.05) is 18.5 Å². The van der Waals surface area contributed by atoms with E-state index in [-0.39, 0.29) is 4.90 Å². The summed E-state index contributed by atoms with van der Waals surface area (Å²) in [5, 5.41) is 6.97. The predicted octanol–water partition coefficient (Wildman–Crippen LogP) is -0.0235. The molecule has 0 amide bonds. The summed E-state index contributed by atoms with van der Waals surface area (Å²) in [4.78, 5) is 0.133. The minimum absolute atomic E-state index is 0.133.